The SMILES string of the molecule is O=C1C/C(=C\c2ccc(F)c(F)c2)C(=O)N1c1ccccc1. The van der Waals surface area contributed by atoms with Crippen molar-refractivity contribution < 1.29 is 18.4 Å². The number of imide groups is 1. The summed E-state index contributed by atoms with van der Waals surface area (Å²) >= 11 is 0. The van der Waals surface area contributed by atoms with Gasteiger partial charge in [-0.25, -0.2) is 13.7 Å². The third-order valence-corrected chi connectivity index (χ3v) is 3.37. The number of hydrogen-bond donors (Lipinski definition) is 0. The van der Waals surface area contributed by atoms with E-state index in [2.05, 4.69) is 0 Å². The average molecular weight is 299 g/mol. The molecule has 1 saturated heterocycles. The van der Waals surface area contributed by atoms with Gasteiger partial charge in [0.25, 0.3) is 5.91 Å². The molecule has 0 aromatic heterocycles. The van der Waals surface area contributed by atoms with Gasteiger partial charge in [-0.05, 0) is 35.9 Å². The zero-order valence-electron chi connectivity index (χ0n) is 11.4. The number of benzene rings is 2. The monoisotopic (exact) mass is 299 g/mol. The van der Waals surface area contributed by atoms with E-state index in [4.69, 9.17) is 0 Å². The molecule has 0 bridgehead atoms. The Morgan fingerprint density at radius 1 is 0.955 bits per heavy atom. The number of para-hydroxylation sites is 1. The van der Waals surface area contributed by atoms with Crippen molar-refractivity contribution in [3.8, 4) is 0 Å². The molecule has 0 atom stereocenters. The first-order chi connectivity index (χ1) is 10.6. The minimum absolute atomic E-state index is 0.0628. The molecule has 2 aromatic carbocycles. The minimum atomic E-state index is -0.994. The Morgan fingerprint density at radius 3 is 2.36 bits per heavy atom. The van der Waals surface area contributed by atoms with Crippen LogP contribution in [0.15, 0.2) is 54.1 Å². The molecule has 110 valence electrons. The summed E-state index contributed by atoms with van der Waals surface area (Å²) in [6.07, 6.45) is 1.35. The highest BCUT2D eigenvalue weighted by atomic mass is 19.2. The minimum Gasteiger partial charge on any atom is -0.274 e. The zero-order valence-corrected chi connectivity index (χ0v) is 11.4. The van der Waals surface area contributed by atoms with Crippen LogP contribution in [0.5, 0.6) is 0 Å². The van der Waals surface area contributed by atoms with Crippen LogP contribution in [0, 0.1) is 11.6 Å². The highest BCUT2D eigenvalue weighted by Crippen LogP contribution is 2.27. The summed E-state index contributed by atoms with van der Waals surface area (Å²) in [7, 11) is 0. The van der Waals surface area contributed by atoms with E-state index in [9.17, 15) is 18.4 Å². The molecule has 5 heteroatoms. The fraction of sp³-hybridized carbons (Fsp3) is 0.0588. The largest absolute Gasteiger partial charge is 0.274 e. The Morgan fingerprint density at radius 2 is 1.68 bits per heavy atom. The molecule has 2 aromatic rings. The van der Waals surface area contributed by atoms with Crippen LogP contribution in [0.25, 0.3) is 6.08 Å². The van der Waals surface area contributed by atoms with Crippen molar-refractivity contribution in [1.82, 2.24) is 0 Å². The van der Waals surface area contributed by atoms with Crippen molar-refractivity contribution in [2.24, 2.45) is 0 Å². The van der Waals surface area contributed by atoms with Crippen molar-refractivity contribution in [3.63, 3.8) is 0 Å². The first kappa shape index (κ1) is 14.1. The number of nitrogens with zero attached hydrogens (tertiary/aromatic N) is 1. The molecule has 0 aliphatic carbocycles. The molecular weight excluding hydrogens is 288 g/mol. The lowest BCUT2D eigenvalue weighted by molar-refractivity contribution is -0.120. The molecule has 0 radical (unpaired) electrons. The van der Waals surface area contributed by atoms with E-state index in [1.165, 1.54) is 12.1 Å². The van der Waals surface area contributed by atoms with Gasteiger partial charge in [-0.1, -0.05) is 24.3 Å². The van der Waals surface area contributed by atoms with E-state index in [1.807, 2.05) is 0 Å². The quantitative estimate of drug-likeness (QED) is 0.630. The molecule has 0 spiro atoms. The van der Waals surface area contributed by atoms with Gasteiger partial charge < -0.3 is 0 Å². The molecular formula is C17H11F2NO2. The van der Waals surface area contributed by atoms with Gasteiger partial charge in [0.1, 0.15) is 0 Å². The van der Waals surface area contributed by atoms with Gasteiger partial charge in [0.2, 0.25) is 5.91 Å². The van der Waals surface area contributed by atoms with Crippen LogP contribution in [0.4, 0.5) is 14.5 Å². The summed E-state index contributed by atoms with van der Waals surface area (Å²) in [5, 5.41) is 0. The van der Waals surface area contributed by atoms with Gasteiger partial charge in [0.05, 0.1) is 12.1 Å². The van der Waals surface area contributed by atoms with E-state index in [0.29, 0.717) is 11.3 Å². The fourth-order valence-electron chi connectivity index (χ4n) is 2.33. The van der Waals surface area contributed by atoms with Crippen LogP contribution in [-0.2, 0) is 9.59 Å². The van der Waals surface area contributed by atoms with Crippen molar-refractivity contribution in [1.29, 1.82) is 0 Å². The van der Waals surface area contributed by atoms with Crippen molar-refractivity contribution in [3.05, 3.63) is 71.3 Å². The molecule has 1 fully saturated rings. The zero-order chi connectivity index (χ0) is 15.7. The second-order valence-electron chi connectivity index (χ2n) is 4.89. The Balaban J connectivity index is 1.93. The predicted octanol–water partition coefficient (Wildman–Crippen LogP) is 3.31. The van der Waals surface area contributed by atoms with Crippen LogP contribution in [0.2, 0.25) is 0 Å². The van der Waals surface area contributed by atoms with E-state index in [1.54, 1.807) is 30.3 Å². The fourth-order valence-corrected chi connectivity index (χ4v) is 2.33. The summed E-state index contributed by atoms with van der Waals surface area (Å²) in [4.78, 5) is 25.5. The van der Waals surface area contributed by atoms with E-state index >= 15 is 0 Å². The molecule has 0 saturated carbocycles. The summed E-state index contributed by atoms with van der Waals surface area (Å²) < 4.78 is 26.1. The Labute approximate surface area is 125 Å². The van der Waals surface area contributed by atoms with Crippen LogP contribution < -0.4 is 4.90 Å². The van der Waals surface area contributed by atoms with Crippen molar-refractivity contribution >= 4 is 23.6 Å². The summed E-state index contributed by atoms with van der Waals surface area (Å²) in [5.41, 5.74) is 1.08. The van der Waals surface area contributed by atoms with Gasteiger partial charge in [-0.3, -0.25) is 9.59 Å². The predicted molar refractivity (Wildman–Crippen MR) is 77.9 cm³/mol. The second-order valence-corrected chi connectivity index (χ2v) is 4.89. The van der Waals surface area contributed by atoms with E-state index in [0.717, 1.165) is 17.0 Å². The number of carbonyl (C=O) groups is 2. The smallest absolute Gasteiger partial charge is 0.261 e. The number of amides is 2. The van der Waals surface area contributed by atoms with Gasteiger partial charge in [0.15, 0.2) is 11.6 Å². The molecule has 3 nitrogen and oxygen atoms in total. The lowest BCUT2D eigenvalue weighted by atomic mass is 10.1. The molecule has 3 rings (SSSR count). The lowest BCUT2D eigenvalue weighted by Crippen LogP contribution is -2.28. The number of anilines is 1. The Hall–Kier alpha value is -2.82. The number of rotatable bonds is 2. The van der Waals surface area contributed by atoms with Gasteiger partial charge in [0, 0.05) is 5.57 Å². The Kier molecular flexibility index (Phi) is 3.55. The molecule has 1 aliphatic rings. The summed E-state index contributed by atoms with van der Waals surface area (Å²) in [5.74, 6) is -2.74. The second kappa shape index (κ2) is 5.52. The third kappa shape index (κ3) is 2.53. The summed E-state index contributed by atoms with van der Waals surface area (Å²) in [6, 6.07) is 11.9. The molecule has 1 heterocycles. The molecule has 22 heavy (non-hydrogen) atoms. The highest BCUT2D eigenvalue weighted by Gasteiger charge is 2.34. The van der Waals surface area contributed by atoms with Gasteiger partial charge >= 0.3 is 0 Å². The maximum atomic E-state index is 13.2. The number of carbonyl (C=O) groups excluding carboxylic acids is 2. The molecule has 1 aliphatic heterocycles. The van der Waals surface area contributed by atoms with E-state index in [-0.39, 0.29) is 17.9 Å². The van der Waals surface area contributed by atoms with E-state index < -0.39 is 17.5 Å². The standard InChI is InChI=1S/C17H11F2NO2/c18-14-7-6-11(9-15(14)19)8-12-10-16(21)20(17(12)22)13-4-2-1-3-5-13/h1-9H,10H2/b12-8+. The van der Waals surface area contributed by atoms with Crippen molar-refractivity contribution in [2.75, 3.05) is 4.90 Å². The third-order valence-electron chi connectivity index (χ3n) is 3.37. The van der Waals surface area contributed by atoms with Gasteiger partial charge in [-0.2, -0.15) is 0 Å². The lowest BCUT2D eigenvalue weighted by Gasteiger charge is -2.12. The first-order valence-electron chi connectivity index (χ1n) is 6.64. The Bertz CT molecular complexity index is 785. The first-order valence-corrected chi connectivity index (χ1v) is 6.64. The average Bonchev–Trinajstić information content (AvgIpc) is 2.78. The maximum absolute atomic E-state index is 13.2. The molecule has 2 amide bonds. The van der Waals surface area contributed by atoms with Gasteiger partial charge in [-0.15, -0.1) is 0 Å². The normalized spacial score (nSPS) is 16.6. The van der Waals surface area contributed by atoms with Crippen LogP contribution in [0.1, 0.15) is 12.0 Å². The van der Waals surface area contributed by atoms with Crippen molar-refractivity contribution in [2.45, 2.75) is 6.42 Å². The highest BCUT2D eigenvalue weighted by molar-refractivity contribution is 6.29. The van der Waals surface area contributed by atoms with Crippen LogP contribution >= 0.6 is 0 Å². The molecule has 0 N–H and O–H groups in total. The topological polar surface area (TPSA) is 37.4 Å². The summed E-state index contributed by atoms with van der Waals surface area (Å²) in [6.45, 7) is 0. The maximum Gasteiger partial charge on any atom is 0.261 e. The van der Waals surface area contributed by atoms with Crippen LogP contribution in [0.3, 0.4) is 0 Å². The van der Waals surface area contributed by atoms with Crippen LogP contribution in [-0.4, -0.2) is 11.8 Å². The number of hydrogen-bond acceptors (Lipinski definition) is 2. The number of halogens is 2. The molecule has 0 unspecified atom stereocenters.